The Labute approximate surface area is 106 Å². The highest BCUT2D eigenvalue weighted by Crippen LogP contribution is 2.26. The van der Waals surface area contributed by atoms with E-state index >= 15 is 0 Å². The van der Waals surface area contributed by atoms with Crippen LogP contribution >= 0.6 is 11.3 Å². The van der Waals surface area contributed by atoms with Gasteiger partial charge in [0.25, 0.3) is 0 Å². The van der Waals surface area contributed by atoms with E-state index in [0.29, 0.717) is 6.04 Å². The average Bonchev–Trinajstić information content (AvgIpc) is 2.89. The van der Waals surface area contributed by atoms with Crippen LogP contribution in [0.2, 0.25) is 0 Å². The Kier molecular flexibility index (Phi) is 3.59. The van der Waals surface area contributed by atoms with Crippen LogP contribution in [0.4, 0.5) is 0 Å². The van der Waals surface area contributed by atoms with Gasteiger partial charge >= 0.3 is 0 Å². The van der Waals surface area contributed by atoms with Crippen molar-refractivity contribution in [1.82, 2.24) is 19.9 Å². The van der Waals surface area contributed by atoms with Crippen molar-refractivity contribution in [2.75, 3.05) is 7.05 Å². The smallest absolute Gasteiger partial charge is 0.116 e. The van der Waals surface area contributed by atoms with Crippen molar-refractivity contribution in [3.63, 3.8) is 0 Å². The summed E-state index contributed by atoms with van der Waals surface area (Å²) in [5.74, 6) is 0. The molecule has 0 aliphatic heterocycles. The maximum Gasteiger partial charge on any atom is 0.116 e. The fourth-order valence-electron chi connectivity index (χ4n) is 1.87. The highest BCUT2D eigenvalue weighted by atomic mass is 32.1. The number of hydrogen-bond acceptors (Lipinski definition) is 4. The predicted octanol–water partition coefficient (Wildman–Crippen LogP) is 2.54. The normalized spacial score (nSPS) is 13.2. The molecule has 0 saturated carbocycles. The quantitative estimate of drug-likeness (QED) is 0.906. The molecular formula is C12H18N4S. The van der Waals surface area contributed by atoms with E-state index in [0.717, 1.165) is 16.4 Å². The Morgan fingerprint density at radius 3 is 2.71 bits per heavy atom. The maximum absolute atomic E-state index is 4.55. The van der Waals surface area contributed by atoms with E-state index in [4.69, 9.17) is 0 Å². The van der Waals surface area contributed by atoms with Gasteiger partial charge in [-0.25, -0.2) is 9.97 Å². The Morgan fingerprint density at radius 1 is 1.41 bits per heavy atom. The van der Waals surface area contributed by atoms with Crippen LogP contribution in [0.1, 0.15) is 42.3 Å². The third-order valence-electron chi connectivity index (χ3n) is 2.72. The summed E-state index contributed by atoms with van der Waals surface area (Å²) >= 11 is 1.69. The number of aromatic nitrogens is 3. The molecule has 17 heavy (non-hydrogen) atoms. The molecule has 1 atom stereocenters. The molecule has 0 aliphatic rings. The Morgan fingerprint density at radius 2 is 2.18 bits per heavy atom. The van der Waals surface area contributed by atoms with Crippen LogP contribution in [0.25, 0.3) is 0 Å². The van der Waals surface area contributed by atoms with Crippen molar-refractivity contribution in [3.05, 3.63) is 34.3 Å². The van der Waals surface area contributed by atoms with Crippen molar-refractivity contribution in [2.24, 2.45) is 0 Å². The second-order valence-electron chi connectivity index (χ2n) is 4.37. The van der Waals surface area contributed by atoms with Crippen molar-refractivity contribution >= 4 is 11.3 Å². The van der Waals surface area contributed by atoms with Gasteiger partial charge in [0.2, 0.25) is 0 Å². The lowest BCUT2D eigenvalue weighted by atomic mass is 10.2. The summed E-state index contributed by atoms with van der Waals surface area (Å²) in [7, 11) is 1.96. The molecular weight excluding hydrogens is 232 g/mol. The summed E-state index contributed by atoms with van der Waals surface area (Å²) in [6, 6.07) is 0.531. The minimum Gasteiger partial charge on any atom is -0.330 e. The molecule has 1 N–H and O–H groups in total. The number of thiazole rings is 1. The van der Waals surface area contributed by atoms with Gasteiger partial charge in [-0.15, -0.1) is 11.3 Å². The zero-order valence-corrected chi connectivity index (χ0v) is 11.5. The fraction of sp³-hybridized carbons (Fsp3) is 0.500. The topological polar surface area (TPSA) is 42.7 Å². The Balaban J connectivity index is 2.38. The lowest BCUT2D eigenvalue weighted by molar-refractivity contribution is 0.535. The molecule has 92 valence electrons. The molecule has 2 rings (SSSR count). The van der Waals surface area contributed by atoms with Gasteiger partial charge in [-0.3, -0.25) is 0 Å². The Bertz CT molecular complexity index is 486. The van der Waals surface area contributed by atoms with Gasteiger partial charge in [-0.05, 0) is 27.8 Å². The molecule has 0 aromatic carbocycles. The van der Waals surface area contributed by atoms with E-state index in [1.54, 1.807) is 11.3 Å². The standard InChI is InChI=1S/C12H18N4S/c1-8(2)16-7-14-5-10(16)11(13-4)12-15-9(3)6-17-12/h5-8,11,13H,1-4H3. The first-order valence-corrected chi connectivity index (χ1v) is 6.62. The van der Waals surface area contributed by atoms with E-state index in [9.17, 15) is 0 Å². The fourth-order valence-corrected chi connectivity index (χ4v) is 2.79. The van der Waals surface area contributed by atoms with Crippen LogP contribution in [0.15, 0.2) is 17.9 Å². The first-order valence-electron chi connectivity index (χ1n) is 5.74. The third-order valence-corrected chi connectivity index (χ3v) is 3.75. The van der Waals surface area contributed by atoms with Gasteiger partial charge in [0.15, 0.2) is 0 Å². The molecule has 2 aromatic heterocycles. The maximum atomic E-state index is 4.55. The van der Waals surface area contributed by atoms with Crippen LogP contribution < -0.4 is 5.32 Å². The molecule has 0 aliphatic carbocycles. The van der Waals surface area contributed by atoms with Crippen molar-refractivity contribution in [2.45, 2.75) is 32.9 Å². The monoisotopic (exact) mass is 250 g/mol. The molecule has 0 fully saturated rings. The molecule has 2 aromatic rings. The number of nitrogens with zero attached hydrogens (tertiary/aromatic N) is 3. The summed E-state index contributed by atoms with van der Waals surface area (Å²) in [5, 5.41) is 6.49. The Hall–Kier alpha value is -1.20. The van der Waals surface area contributed by atoms with Crippen molar-refractivity contribution in [3.8, 4) is 0 Å². The molecule has 4 nitrogen and oxygen atoms in total. The van der Waals surface area contributed by atoms with E-state index < -0.39 is 0 Å². The summed E-state index contributed by atoms with van der Waals surface area (Å²) in [6.45, 7) is 6.34. The molecule has 0 saturated heterocycles. The van der Waals surface area contributed by atoms with Gasteiger partial charge in [0.05, 0.1) is 18.2 Å². The summed E-state index contributed by atoms with van der Waals surface area (Å²) in [5.41, 5.74) is 2.23. The number of nitrogens with one attached hydrogen (secondary N) is 1. The van der Waals surface area contributed by atoms with Crippen LogP contribution in [-0.4, -0.2) is 21.6 Å². The van der Waals surface area contributed by atoms with Crippen molar-refractivity contribution < 1.29 is 0 Å². The van der Waals surface area contributed by atoms with Crippen LogP contribution in [0.3, 0.4) is 0 Å². The SMILES string of the molecule is CNC(c1nc(C)cs1)c1cncn1C(C)C. The minimum atomic E-state index is 0.124. The largest absolute Gasteiger partial charge is 0.330 e. The number of imidazole rings is 1. The molecule has 0 spiro atoms. The zero-order valence-electron chi connectivity index (χ0n) is 10.6. The molecule has 0 amide bonds. The van der Waals surface area contributed by atoms with Gasteiger partial charge in [0, 0.05) is 17.1 Å². The van der Waals surface area contributed by atoms with E-state index in [1.165, 1.54) is 0 Å². The van der Waals surface area contributed by atoms with E-state index in [-0.39, 0.29) is 6.04 Å². The number of hydrogen-bond donors (Lipinski definition) is 1. The summed E-state index contributed by atoms with van der Waals surface area (Å²) in [6.07, 6.45) is 3.79. The predicted molar refractivity (Wildman–Crippen MR) is 70.4 cm³/mol. The highest BCUT2D eigenvalue weighted by Gasteiger charge is 2.20. The van der Waals surface area contributed by atoms with Crippen LogP contribution in [0.5, 0.6) is 0 Å². The molecule has 1 unspecified atom stereocenters. The van der Waals surface area contributed by atoms with Crippen molar-refractivity contribution in [1.29, 1.82) is 0 Å². The number of rotatable bonds is 4. The summed E-state index contributed by atoms with van der Waals surface area (Å²) in [4.78, 5) is 8.80. The van der Waals surface area contributed by atoms with Crippen LogP contribution in [0, 0.1) is 6.92 Å². The lowest BCUT2D eigenvalue weighted by Crippen LogP contribution is -2.21. The minimum absolute atomic E-state index is 0.124. The second-order valence-corrected chi connectivity index (χ2v) is 5.26. The first kappa shape index (κ1) is 12.3. The van der Waals surface area contributed by atoms with Gasteiger partial charge in [-0.1, -0.05) is 0 Å². The van der Waals surface area contributed by atoms with E-state index in [2.05, 4.69) is 39.1 Å². The number of aryl methyl sites for hydroxylation is 1. The summed E-state index contributed by atoms with van der Waals surface area (Å²) < 4.78 is 2.18. The van der Waals surface area contributed by atoms with Gasteiger partial charge in [-0.2, -0.15) is 0 Å². The molecule has 2 heterocycles. The van der Waals surface area contributed by atoms with Gasteiger partial charge < -0.3 is 9.88 Å². The molecule has 0 radical (unpaired) electrons. The first-order chi connectivity index (χ1) is 8.13. The average molecular weight is 250 g/mol. The highest BCUT2D eigenvalue weighted by molar-refractivity contribution is 7.09. The molecule has 5 heteroatoms. The second kappa shape index (κ2) is 4.98. The third kappa shape index (κ3) is 2.40. The van der Waals surface area contributed by atoms with E-state index in [1.807, 2.05) is 26.5 Å². The zero-order chi connectivity index (χ0) is 12.4. The lowest BCUT2D eigenvalue weighted by Gasteiger charge is -2.18. The molecule has 0 bridgehead atoms. The van der Waals surface area contributed by atoms with Crippen LogP contribution in [-0.2, 0) is 0 Å². The van der Waals surface area contributed by atoms with Gasteiger partial charge in [0.1, 0.15) is 11.0 Å².